The van der Waals surface area contributed by atoms with E-state index >= 15 is 0 Å². The van der Waals surface area contributed by atoms with Crippen LogP contribution in [0.4, 0.5) is 0 Å². The second-order valence-electron chi connectivity index (χ2n) is 9.43. The van der Waals surface area contributed by atoms with Gasteiger partial charge in [-0.25, -0.2) is 0 Å². The highest BCUT2D eigenvalue weighted by atomic mass is 31.2. The summed E-state index contributed by atoms with van der Waals surface area (Å²) >= 11 is 0. The van der Waals surface area contributed by atoms with Gasteiger partial charge in [0.2, 0.25) is 0 Å². The van der Waals surface area contributed by atoms with Crippen LogP contribution in [0.3, 0.4) is 0 Å². The van der Waals surface area contributed by atoms with Gasteiger partial charge in [-0.15, -0.1) is 0 Å². The Morgan fingerprint density at radius 3 is 2.45 bits per heavy atom. The summed E-state index contributed by atoms with van der Waals surface area (Å²) in [6.45, 7) is 7.69. The van der Waals surface area contributed by atoms with Crippen LogP contribution in [0, 0.1) is 0 Å². The molecule has 9 atom stereocenters. The number of hydrogen-bond donors (Lipinski definition) is 1. The molecule has 1 aromatic carbocycles. The fourth-order valence-electron chi connectivity index (χ4n) is 5.11. The van der Waals surface area contributed by atoms with Crippen molar-refractivity contribution < 1.29 is 27.8 Å². The quantitative estimate of drug-likeness (QED) is 0.451. The van der Waals surface area contributed by atoms with E-state index in [4.69, 9.17) is 27.8 Å². The topological polar surface area (TPSA) is 67.4 Å². The van der Waals surface area contributed by atoms with Crippen molar-refractivity contribution in [3.8, 4) is 0 Å². The fourth-order valence-corrected chi connectivity index (χ4v) is 6.45. The molecular weight excluding hydrogens is 441 g/mol. The van der Waals surface area contributed by atoms with Crippen LogP contribution in [0.2, 0.25) is 0 Å². The molecule has 186 valence electrons. The second kappa shape index (κ2) is 12.4. The fraction of sp³-hybridized carbons (Fsp3) is 0.760. The van der Waals surface area contributed by atoms with Gasteiger partial charge in [0.05, 0.1) is 37.1 Å². The lowest BCUT2D eigenvalue weighted by Crippen LogP contribution is -2.32. The van der Waals surface area contributed by atoms with Crippen LogP contribution in [0.25, 0.3) is 0 Å². The smallest absolute Gasteiger partial charge is 0.333 e. The van der Waals surface area contributed by atoms with Gasteiger partial charge in [-0.1, -0.05) is 37.3 Å². The number of benzene rings is 1. The first-order valence-electron chi connectivity index (χ1n) is 12.5. The van der Waals surface area contributed by atoms with Crippen LogP contribution in [-0.4, -0.2) is 62.9 Å². The summed E-state index contributed by atoms with van der Waals surface area (Å²) in [4.78, 5) is 0. The zero-order chi connectivity index (χ0) is 23.2. The first kappa shape index (κ1) is 25.5. The number of methoxy groups -OCH3 is 1. The van der Waals surface area contributed by atoms with Crippen LogP contribution in [0.5, 0.6) is 0 Å². The number of hydrogen-bond acceptors (Lipinski definition) is 7. The SMILES string of the molecule is CC[C@H]1O[C@@H](C)CC1OP(OC[C@H]1O[C@@H](C)CC1OC)O[C@H](c1ccccc1)C1CCCN1. The Kier molecular flexibility index (Phi) is 9.54. The highest BCUT2D eigenvalue weighted by Crippen LogP contribution is 2.50. The molecule has 1 N–H and O–H groups in total. The lowest BCUT2D eigenvalue weighted by molar-refractivity contribution is -0.0367. The molecule has 1 aromatic rings. The predicted octanol–water partition coefficient (Wildman–Crippen LogP) is 4.90. The normalized spacial score (nSPS) is 36.3. The van der Waals surface area contributed by atoms with Gasteiger partial charge in [0.15, 0.2) is 0 Å². The second-order valence-corrected chi connectivity index (χ2v) is 10.6. The summed E-state index contributed by atoms with van der Waals surface area (Å²) in [5.41, 5.74) is 1.14. The molecule has 3 saturated heterocycles. The summed E-state index contributed by atoms with van der Waals surface area (Å²) in [7, 11) is 0.119. The minimum atomic E-state index is -1.61. The third kappa shape index (κ3) is 6.74. The van der Waals surface area contributed by atoms with E-state index < -0.39 is 8.60 Å². The van der Waals surface area contributed by atoms with Gasteiger partial charge in [0.25, 0.3) is 0 Å². The molecule has 0 bridgehead atoms. The maximum Gasteiger partial charge on any atom is 0.333 e. The van der Waals surface area contributed by atoms with Crippen LogP contribution in [0.1, 0.15) is 64.5 Å². The van der Waals surface area contributed by atoms with Crippen molar-refractivity contribution in [1.29, 1.82) is 0 Å². The van der Waals surface area contributed by atoms with E-state index in [1.165, 1.54) is 0 Å². The molecule has 3 heterocycles. The van der Waals surface area contributed by atoms with Gasteiger partial charge < -0.3 is 33.1 Å². The molecule has 4 unspecified atom stereocenters. The number of nitrogens with one attached hydrogen (secondary N) is 1. The molecule has 7 nitrogen and oxygen atoms in total. The van der Waals surface area contributed by atoms with Crippen molar-refractivity contribution >= 4 is 8.60 Å². The summed E-state index contributed by atoms with van der Waals surface area (Å²) in [6.07, 6.45) is 4.95. The summed E-state index contributed by atoms with van der Waals surface area (Å²) in [6, 6.07) is 10.6. The van der Waals surface area contributed by atoms with Gasteiger partial charge in [-0.3, -0.25) is 0 Å². The van der Waals surface area contributed by atoms with Gasteiger partial charge in [0, 0.05) is 26.0 Å². The number of ether oxygens (including phenoxy) is 3. The Balaban J connectivity index is 1.49. The molecule has 0 radical (unpaired) electrons. The van der Waals surface area contributed by atoms with Crippen molar-refractivity contribution in [1.82, 2.24) is 5.32 Å². The molecule has 0 aliphatic carbocycles. The molecule has 3 aliphatic rings. The maximum absolute atomic E-state index is 6.67. The van der Waals surface area contributed by atoms with Gasteiger partial charge in [-0.05, 0) is 45.2 Å². The molecule has 4 rings (SSSR count). The third-order valence-corrected chi connectivity index (χ3v) is 8.04. The van der Waals surface area contributed by atoms with E-state index in [0.29, 0.717) is 6.61 Å². The molecular formula is C25H40NO6P. The van der Waals surface area contributed by atoms with E-state index in [9.17, 15) is 0 Å². The summed E-state index contributed by atoms with van der Waals surface area (Å²) in [5, 5.41) is 3.61. The van der Waals surface area contributed by atoms with E-state index in [-0.39, 0.29) is 48.8 Å². The standard InChI is InChI=1S/C25H40NO6P/c1-5-21-23(15-18(3)29-21)31-33(28-16-24-22(27-4)14-17(2)30-24)32-25(20-12-9-13-26-20)19-10-7-6-8-11-19/h6-8,10-11,17-18,20-26H,5,9,12-16H2,1-4H3/t17-,18-,20?,21+,22?,23?,24+,25+,33?/m0/s1. The first-order chi connectivity index (χ1) is 16.1. The van der Waals surface area contributed by atoms with Crippen molar-refractivity contribution in [2.75, 3.05) is 20.3 Å². The molecule has 3 fully saturated rings. The van der Waals surface area contributed by atoms with Crippen LogP contribution < -0.4 is 5.32 Å². The molecule has 3 aliphatic heterocycles. The third-order valence-electron chi connectivity index (χ3n) is 6.83. The molecule has 0 aromatic heterocycles. The Morgan fingerprint density at radius 2 is 1.79 bits per heavy atom. The minimum Gasteiger partial charge on any atom is -0.379 e. The Morgan fingerprint density at radius 1 is 1.06 bits per heavy atom. The van der Waals surface area contributed by atoms with Gasteiger partial charge >= 0.3 is 8.60 Å². The molecule has 8 heteroatoms. The van der Waals surface area contributed by atoms with Crippen LogP contribution >= 0.6 is 8.60 Å². The summed E-state index contributed by atoms with van der Waals surface area (Å²) < 4.78 is 37.3. The minimum absolute atomic E-state index is 0.0245. The van der Waals surface area contributed by atoms with Crippen LogP contribution in [-0.2, 0) is 27.8 Å². The molecule has 0 spiro atoms. The Bertz CT molecular complexity index is 705. The molecule has 33 heavy (non-hydrogen) atoms. The highest BCUT2D eigenvalue weighted by molar-refractivity contribution is 7.41. The highest BCUT2D eigenvalue weighted by Gasteiger charge is 2.39. The average molecular weight is 482 g/mol. The van der Waals surface area contributed by atoms with E-state index in [0.717, 1.165) is 44.2 Å². The maximum atomic E-state index is 6.67. The van der Waals surface area contributed by atoms with Crippen molar-refractivity contribution in [2.24, 2.45) is 0 Å². The van der Waals surface area contributed by atoms with E-state index in [1.807, 2.05) is 6.07 Å². The largest absolute Gasteiger partial charge is 0.379 e. The Hall–Kier alpha value is -0.630. The lowest BCUT2D eigenvalue weighted by Gasteiger charge is -2.30. The van der Waals surface area contributed by atoms with Crippen molar-refractivity contribution in [3.63, 3.8) is 0 Å². The van der Waals surface area contributed by atoms with E-state index in [2.05, 4.69) is 50.4 Å². The monoisotopic (exact) mass is 481 g/mol. The van der Waals surface area contributed by atoms with Crippen LogP contribution in [0.15, 0.2) is 30.3 Å². The average Bonchev–Trinajstić information content (AvgIpc) is 3.56. The van der Waals surface area contributed by atoms with E-state index in [1.54, 1.807) is 7.11 Å². The predicted molar refractivity (Wildman–Crippen MR) is 128 cm³/mol. The lowest BCUT2D eigenvalue weighted by atomic mass is 10.0. The first-order valence-corrected chi connectivity index (χ1v) is 13.6. The zero-order valence-corrected chi connectivity index (χ0v) is 21.2. The van der Waals surface area contributed by atoms with Gasteiger partial charge in [-0.2, -0.15) is 0 Å². The Labute approximate surface area is 199 Å². The zero-order valence-electron chi connectivity index (χ0n) is 20.4. The molecule has 0 saturated carbocycles. The van der Waals surface area contributed by atoms with Gasteiger partial charge in [0.1, 0.15) is 12.2 Å². The van der Waals surface area contributed by atoms with Crippen molar-refractivity contribution in [3.05, 3.63) is 35.9 Å². The summed E-state index contributed by atoms with van der Waals surface area (Å²) in [5.74, 6) is 0. The number of rotatable bonds is 11. The van der Waals surface area contributed by atoms with Crippen molar-refractivity contribution in [2.45, 2.75) is 102 Å². The molecule has 0 amide bonds.